The summed E-state index contributed by atoms with van der Waals surface area (Å²) in [7, 11) is -3.80. The third-order valence-electron chi connectivity index (χ3n) is 3.83. The molecule has 0 saturated heterocycles. The van der Waals surface area contributed by atoms with Crippen LogP contribution in [0.2, 0.25) is 0 Å². The predicted molar refractivity (Wildman–Crippen MR) is 99.0 cm³/mol. The van der Waals surface area contributed by atoms with Crippen molar-refractivity contribution in [3.8, 4) is 11.3 Å². The summed E-state index contributed by atoms with van der Waals surface area (Å²) in [5, 5.41) is 2.81. The summed E-state index contributed by atoms with van der Waals surface area (Å²) in [5.74, 6) is -0.405. The number of nitrogens with one attached hydrogen (secondary N) is 1. The average Bonchev–Trinajstić information content (AvgIpc) is 2.97. The fourth-order valence-corrected chi connectivity index (χ4v) is 4.51. The highest BCUT2D eigenvalue weighted by atomic mass is 32.2. The molecule has 130 valence electrons. The summed E-state index contributed by atoms with van der Waals surface area (Å²) in [5.41, 5.74) is 2.99. The molecule has 3 aromatic rings. The number of sulfonamides is 1. The van der Waals surface area contributed by atoms with Gasteiger partial charge in [-0.15, -0.1) is 11.3 Å². The second kappa shape index (κ2) is 6.57. The van der Waals surface area contributed by atoms with Gasteiger partial charge in [0.1, 0.15) is 5.82 Å². The first-order valence-corrected chi connectivity index (χ1v) is 9.95. The molecule has 4 nitrogen and oxygen atoms in total. The molecule has 1 aromatic heterocycles. The minimum Gasteiger partial charge on any atom is -0.279 e. The van der Waals surface area contributed by atoms with Crippen LogP contribution in [0.15, 0.2) is 46.7 Å². The molecule has 0 aliphatic heterocycles. The first-order chi connectivity index (χ1) is 11.8. The molecule has 0 spiro atoms. The maximum Gasteiger partial charge on any atom is 0.262 e. The van der Waals surface area contributed by atoms with Crippen LogP contribution in [0.25, 0.3) is 11.3 Å². The van der Waals surface area contributed by atoms with Crippen LogP contribution in [0.5, 0.6) is 0 Å². The third kappa shape index (κ3) is 3.72. The minimum absolute atomic E-state index is 0.180. The molecule has 7 heteroatoms. The van der Waals surface area contributed by atoms with Crippen molar-refractivity contribution in [2.24, 2.45) is 0 Å². The fraction of sp³-hybridized carbons (Fsp3) is 0.167. The SMILES string of the molecule is Cc1nc(-c2ccc(C)c(S(=O)(=O)Nc3ccc(F)cc3C)c2)cs1. The number of hydrogen-bond acceptors (Lipinski definition) is 4. The molecule has 3 rings (SSSR count). The van der Waals surface area contributed by atoms with Crippen molar-refractivity contribution in [3.05, 3.63) is 63.7 Å². The van der Waals surface area contributed by atoms with E-state index in [1.165, 1.54) is 29.5 Å². The molecule has 2 aromatic carbocycles. The molecular weight excluding hydrogens is 359 g/mol. The number of anilines is 1. The van der Waals surface area contributed by atoms with Gasteiger partial charge in [0.15, 0.2) is 0 Å². The van der Waals surface area contributed by atoms with E-state index in [0.717, 1.165) is 16.3 Å². The quantitative estimate of drug-likeness (QED) is 0.719. The van der Waals surface area contributed by atoms with Crippen molar-refractivity contribution in [3.63, 3.8) is 0 Å². The smallest absolute Gasteiger partial charge is 0.262 e. The Kier molecular flexibility index (Phi) is 4.62. The van der Waals surface area contributed by atoms with Gasteiger partial charge in [0.2, 0.25) is 0 Å². The minimum atomic E-state index is -3.80. The highest BCUT2D eigenvalue weighted by molar-refractivity contribution is 7.92. The number of hydrogen-bond donors (Lipinski definition) is 1. The van der Waals surface area contributed by atoms with Crippen LogP contribution in [0.3, 0.4) is 0 Å². The van der Waals surface area contributed by atoms with Gasteiger partial charge in [0.05, 0.1) is 21.3 Å². The van der Waals surface area contributed by atoms with Gasteiger partial charge in [-0.05, 0) is 56.2 Å². The summed E-state index contributed by atoms with van der Waals surface area (Å²) in [4.78, 5) is 4.58. The van der Waals surface area contributed by atoms with Crippen molar-refractivity contribution in [2.75, 3.05) is 4.72 Å². The normalized spacial score (nSPS) is 11.5. The van der Waals surface area contributed by atoms with Crippen LogP contribution in [-0.2, 0) is 10.0 Å². The molecule has 0 atom stereocenters. The molecule has 0 saturated carbocycles. The lowest BCUT2D eigenvalue weighted by Gasteiger charge is -2.13. The van der Waals surface area contributed by atoms with E-state index in [-0.39, 0.29) is 4.90 Å². The monoisotopic (exact) mass is 376 g/mol. The van der Waals surface area contributed by atoms with Gasteiger partial charge in [0, 0.05) is 10.9 Å². The molecular formula is C18H17FN2O2S2. The van der Waals surface area contributed by atoms with E-state index >= 15 is 0 Å². The lowest BCUT2D eigenvalue weighted by molar-refractivity contribution is 0.600. The Bertz CT molecular complexity index is 1040. The Hall–Kier alpha value is -2.25. The van der Waals surface area contributed by atoms with Gasteiger partial charge in [-0.1, -0.05) is 12.1 Å². The van der Waals surface area contributed by atoms with Crippen molar-refractivity contribution < 1.29 is 12.8 Å². The van der Waals surface area contributed by atoms with Crippen molar-refractivity contribution >= 4 is 27.0 Å². The zero-order chi connectivity index (χ0) is 18.2. The molecule has 1 N–H and O–H groups in total. The van der Waals surface area contributed by atoms with E-state index in [4.69, 9.17) is 0 Å². The number of nitrogens with zero attached hydrogens (tertiary/aromatic N) is 1. The van der Waals surface area contributed by atoms with Crippen LogP contribution < -0.4 is 4.72 Å². The third-order valence-corrected chi connectivity index (χ3v) is 6.11. The predicted octanol–water partition coefficient (Wildman–Crippen LogP) is 4.68. The van der Waals surface area contributed by atoms with Crippen LogP contribution in [0.4, 0.5) is 10.1 Å². The van der Waals surface area contributed by atoms with E-state index in [9.17, 15) is 12.8 Å². The Morgan fingerprint density at radius 2 is 1.80 bits per heavy atom. The average molecular weight is 376 g/mol. The number of thiazole rings is 1. The second-order valence-electron chi connectivity index (χ2n) is 5.80. The summed E-state index contributed by atoms with van der Waals surface area (Å²) in [6.45, 7) is 5.29. The fourth-order valence-electron chi connectivity index (χ4n) is 2.49. The molecule has 0 aliphatic rings. The van der Waals surface area contributed by atoms with Crippen molar-refractivity contribution in [1.82, 2.24) is 4.98 Å². The van der Waals surface area contributed by atoms with Crippen LogP contribution in [-0.4, -0.2) is 13.4 Å². The number of halogens is 1. The number of benzene rings is 2. The largest absolute Gasteiger partial charge is 0.279 e. The van der Waals surface area contributed by atoms with Gasteiger partial charge in [-0.25, -0.2) is 17.8 Å². The zero-order valence-electron chi connectivity index (χ0n) is 14.0. The van der Waals surface area contributed by atoms with E-state index < -0.39 is 15.8 Å². The molecule has 0 aliphatic carbocycles. The highest BCUT2D eigenvalue weighted by Crippen LogP contribution is 2.28. The summed E-state index contributed by atoms with van der Waals surface area (Å²) in [6, 6.07) is 9.17. The second-order valence-corrected chi connectivity index (χ2v) is 8.51. The topological polar surface area (TPSA) is 59.1 Å². The summed E-state index contributed by atoms with van der Waals surface area (Å²) in [6.07, 6.45) is 0. The molecule has 0 radical (unpaired) electrons. The van der Waals surface area contributed by atoms with Crippen molar-refractivity contribution in [2.45, 2.75) is 25.7 Å². The van der Waals surface area contributed by atoms with E-state index in [1.807, 2.05) is 18.4 Å². The van der Waals surface area contributed by atoms with Gasteiger partial charge >= 0.3 is 0 Å². The zero-order valence-corrected chi connectivity index (χ0v) is 15.6. The molecule has 1 heterocycles. The molecule has 0 unspecified atom stereocenters. The molecule has 0 bridgehead atoms. The van der Waals surface area contributed by atoms with Crippen LogP contribution in [0.1, 0.15) is 16.1 Å². The Labute approximate surface area is 150 Å². The van der Waals surface area contributed by atoms with Gasteiger partial charge in [-0.3, -0.25) is 4.72 Å². The molecule has 0 amide bonds. The first-order valence-electron chi connectivity index (χ1n) is 7.58. The standard InChI is InChI=1S/C18H17FN2O2S2/c1-11-4-5-14(17-10-24-13(3)20-17)9-18(11)25(22,23)21-16-7-6-15(19)8-12(16)2/h4-10,21H,1-3H3. The molecule has 25 heavy (non-hydrogen) atoms. The molecule has 0 fully saturated rings. The Balaban J connectivity index is 2.01. The Morgan fingerprint density at radius 3 is 2.44 bits per heavy atom. The Morgan fingerprint density at radius 1 is 1.04 bits per heavy atom. The lowest BCUT2D eigenvalue weighted by Crippen LogP contribution is -2.15. The number of rotatable bonds is 4. The highest BCUT2D eigenvalue weighted by Gasteiger charge is 2.19. The maximum absolute atomic E-state index is 13.2. The number of aromatic nitrogens is 1. The maximum atomic E-state index is 13.2. The van der Waals surface area contributed by atoms with Gasteiger partial charge in [0.25, 0.3) is 10.0 Å². The van der Waals surface area contributed by atoms with Crippen molar-refractivity contribution in [1.29, 1.82) is 0 Å². The van der Waals surface area contributed by atoms with Crippen LogP contribution >= 0.6 is 11.3 Å². The van der Waals surface area contributed by atoms with Gasteiger partial charge < -0.3 is 0 Å². The summed E-state index contributed by atoms with van der Waals surface area (Å²) >= 11 is 1.51. The summed E-state index contributed by atoms with van der Waals surface area (Å²) < 4.78 is 41.4. The number of aryl methyl sites for hydroxylation is 3. The van der Waals surface area contributed by atoms with Gasteiger partial charge in [-0.2, -0.15) is 0 Å². The van der Waals surface area contributed by atoms with Crippen LogP contribution in [0, 0.1) is 26.6 Å². The lowest BCUT2D eigenvalue weighted by atomic mass is 10.1. The van der Waals surface area contributed by atoms with E-state index in [0.29, 0.717) is 16.8 Å². The van der Waals surface area contributed by atoms with E-state index in [2.05, 4.69) is 9.71 Å². The first kappa shape index (κ1) is 17.6. The van der Waals surface area contributed by atoms with E-state index in [1.54, 1.807) is 26.0 Å².